The Labute approximate surface area is 149 Å². The minimum atomic E-state index is 0.188. The highest BCUT2D eigenvalue weighted by molar-refractivity contribution is 7.13. The molecule has 3 heterocycles. The van der Waals surface area contributed by atoms with Crippen molar-refractivity contribution >= 4 is 22.9 Å². The largest absolute Gasteiger partial charge is 0.487 e. The molecule has 2 aromatic heterocycles. The highest BCUT2D eigenvalue weighted by Gasteiger charge is 2.21. The van der Waals surface area contributed by atoms with Gasteiger partial charge in [-0.05, 0) is 49.1 Å². The number of rotatable bonds is 5. The normalized spacial score (nSPS) is 14.3. The summed E-state index contributed by atoms with van der Waals surface area (Å²) in [5, 5.41) is 2.00. The molecule has 1 amide bonds. The maximum Gasteiger partial charge on any atom is 0.236 e. The van der Waals surface area contributed by atoms with Crippen molar-refractivity contribution in [3.63, 3.8) is 0 Å². The average molecular weight is 354 g/mol. The maximum absolute atomic E-state index is 11.8. The van der Waals surface area contributed by atoms with E-state index in [1.165, 1.54) is 0 Å². The van der Waals surface area contributed by atoms with Crippen LogP contribution in [0.1, 0.15) is 24.3 Å². The number of benzene rings is 1. The van der Waals surface area contributed by atoms with E-state index in [0.29, 0.717) is 18.9 Å². The quantitative estimate of drug-likeness (QED) is 0.681. The summed E-state index contributed by atoms with van der Waals surface area (Å²) in [7, 11) is 0. The first-order valence-corrected chi connectivity index (χ1v) is 9.12. The van der Waals surface area contributed by atoms with Gasteiger partial charge >= 0.3 is 0 Å². The van der Waals surface area contributed by atoms with Crippen LogP contribution in [0.25, 0.3) is 10.8 Å². The number of thiophene rings is 1. The number of oxazole rings is 1. The summed E-state index contributed by atoms with van der Waals surface area (Å²) < 4.78 is 11.5. The second-order valence-electron chi connectivity index (χ2n) is 5.93. The van der Waals surface area contributed by atoms with Crippen molar-refractivity contribution < 1.29 is 13.9 Å². The molecule has 0 saturated carbocycles. The van der Waals surface area contributed by atoms with E-state index in [0.717, 1.165) is 40.7 Å². The zero-order valence-electron chi connectivity index (χ0n) is 13.9. The molecule has 1 aliphatic rings. The zero-order valence-corrected chi connectivity index (χ0v) is 14.7. The van der Waals surface area contributed by atoms with Crippen LogP contribution in [-0.4, -0.2) is 17.4 Å². The monoisotopic (exact) mass is 354 g/mol. The molecular formula is C19H18N2O3S. The summed E-state index contributed by atoms with van der Waals surface area (Å²) in [6.45, 7) is 3.04. The van der Waals surface area contributed by atoms with E-state index in [2.05, 4.69) is 4.98 Å². The van der Waals surface area contributed by atoms with Gasteiger partial charge in [0.1, 0.15) is 23.8 Å². The molecule has 1 aromatic carbocycles. The summed E-state index contributed by atoms with van der Waals surface area (Å²) in [6.07, 6.45) is 1.56. The Bertz CT molecular complexity index is 869. The lowest BCUT2D eigenvalue weighted by Crippen LogP contribution is -2.23. The molecule has 3 aromatic rings. The van der Waals surface area contributed by atoms with Gasteiger partial charge in [0, 0.05) is 18.7 Å². The molecule has 0 aliphatic carbocycles. The van der Waals surface area contributed by atoms with E-state index in [9.17, 15) is 4.79 Å². The first-order chi connectivity index (χ1) is 12.2. The summed E-state index contributed by atoms with van der Waals surface area (Å²) in [5.41, 5.74) is 1.72. The van der Waals surface area contributed by atoms with Crippen LogP contribution in [0.5, 0.6) is 5.75 Å². The third kappa shape index (κ3) is 3.30. The molecule has 1 saturated heterocycles. The van der Waals surface area contributed by atoms with Crippen molar-refractivity contribution in [2.75, 3.05) is 11.4 Å². The van der Waals surface area contributed by atoms with E-state index in [1.54, 1.807) is 11.3 Å². The molecule has 4 rings (SSSR count). The van der Waals surface area contributed by atoms with Crippen molar-refractivity contribution in [2.24, 2.45) is 0 Å². The fraction of sp³-hybridized carbons (Fsp3) is 0.263. The number of carbonyl (C=O) groups is 1. The van der Waals surface area contributed by atoms with Crippen molar-refractivity contribution in [2.45, 2.75) is 26.4 Å². The number of aromatic nitrogens is 1. The Morgan fingerprint density at radius 2 is 2.12 bits per heavy atom. The molecule has 0 unspecified atom stereocenters. The van der Waals surface area contributed by atoms with Gasteiger partial charge in [-0.25, -0.2) is 4.98 Å². The van der Waals surface area contributed by atoms with Crippen LogP contribution in [0, 0.1) is 6.92 Å². The number of ether oxygens (including phenoxy) is 1. The van der Waals surface area contributed by atoms with Gasteiger partial charge in [-0.15, -0.1) is 11.3 Å². The van der Waals surface area contributed by atoms with Crippen LogP contribution in [-0.2, 0) is 11.4 Å². The molecule has 0 bridgehead atoms. The molecule has 5 nitrogen and oxygen atoms in total. The lowest BCUT2D eigenvalue weighted by Gasteiger charge is -2.16. The first-order valence-electron chi connectivity index (χ1n) is 8.24. The molecule has 6 heteroatoms. The van der Waals surface area contributed by atoms with Gasteiger partial charge < -0.3 is 14.1 Å². The van der Waals surface area contributed by atoms with Crippen LogP contribution >= 0.6 is 11.3 Å². The van der Waals surface area contributed by atoms with Crippen molar-refractivity contribution in [3.05, 3.63) is 53.2 Å². The van der Waals surface area contributed by atoms with E-state index >= 15 is 0 Å². The second kappa shape index (κ2) is 6.72. The van der Waals surface area contributed by atoms with Gasteiger partial charge in [-0.1, -0.05) is 6.07 Å². The predicted octanol–water partition coefficient (Wildman–Crippen LogP) is 4.42. The Kier molecular flexibility index (Phi) is 4.28. The van der Waals surface area contributed by atoms with Gasteiger partial charge in [0.25, 0.3) is 0 Å². The molecular weight excluding hydrogens is 336 g/mol. The number of nitrogens with zero attached hydrogens (tertiary/aromatic N) is 2. The molecule has 0 radical (unpaired) electrons. The Morgan fingerprint density at radius 3 is 2.80 bits per heavy atom. The SMILES string of the molecule is Cc1oc(-c2cccs2)nc1COc1ccc(N2CCCC2=O)cc1. The maximum atomic E-state index is 11.8. The number of amides is 1. The fourth-order valence-corrected chi connectivity index (χ4v) is 3.51. The Balaban J connectivity index is 1.42. The molecule has 0 spiro atoms. The zero-order chi connectivity index (χ0) is 17.2. The third-order valence-corrected chi connectivity index (χ3v) is 5.08. The van der Waals surface area contributed by atoms with Crippen molar-refractivity contribution in [1.82, 2.24) is 4.98 Å². The van der Waals surface area contributed by atoms with Gasteiger partial charge in [-0.3, -0.25) is 4.79 Å². The number of hydrogen-bond acceptors (Lipinski definition) is 5. The van der Waals surface area contributed by atoms with Crippen LogP contribution < -0.4 is 9.64 Å². The summed E-state index contributed by atoms with van der Waals surface area (Å²) in [5.74, 6) is 2.33. The minimum absolute atomic E-state index is 0.188. The van der Waals surface area contributed by atoms with Crippen LogP contribution in [0.4, 0.5) is 5.69 Å². The highest BCUT2D eigenvalue weighted by atomic mass is 32.1. The van der Waals surface area contributed by atoms with Crippen LogP contribution in [0.2, 0.25) is 0 Å². The van der Waals surface area contributed by atoms with E-state index in [-0.39, 0.29) is 5.91 Å². The van der Waals surface area contributed by atoms with Crippen molar-refractivity contribution in [1.29, 1.82) is 0 Å². The first kappa shape index (κ1) is 15.9. The molecule has 1 fully saturated rings. The summed E-state index contributed by atoms with van der Waals surface area (Å²) >= 11 is 1.60. The molecule has 25 heavy (non-hydrogen) atoms. The van der Waals surface area contributed by atoms with Crippen LogP contribution in [0.3, 0.4) is 0 Å². The molecule has 1 aliphatic heterocycles. The van der Waals surface area contributed by atoms with E-state index < -0.39 is 0 Å². The van der Waals surface area contributed by atoms with Gasteiger partial charge in [-0.2, -0.15) is 0 Å². The molecule has 0 atom stereocenters. The summed E-state index contributed by atoms with van der Waals surface area (Å²) in [4.78, 5) is 19.1. The Morgan fingerprint density at radius 1 is 1.28 bits per heavy atom. The second-order valence-corrected chi connectivity index (χ2v) is 6.88. The lowest BCUT2D eigenvalue weighted by molar-refractivity contribution is -0.117. The smallest absolute Gasteiger partial charge is 0.236 e. The highest BCUT2D eigenvalue weighted by Crippen LogP contribution is 2.27. The lowest BCUT2D eigenvalue weighted by atomic mass is 10.3. The number of anilines is 1. The minimum Gasteiger partial charge on any atom is -0.487 e. The number of carbonyl (C=O) groups excluding carboxylic acids is 1. The van der Waals surface area contributed by atoms with Gasteiger partial charge in [0.15, 0.2) is 0 Å². The molecule has 128 valence electrons. The average Bonchev–Trinajstić information content (AvgIpc) is 3.35. The number of aryl methyl sites for hydroxylation is 1. The number of hydrogen-bond donors (Lipinski definition) is 0. The topological polar surface area (TPSA) is 55.6 Å². The summed E-state index contributed by atoms with van der Waals surface area (Å²) in [6, 6.07) is 11.6. The third-order valence-electron chi connectivity index (χ3n) is 4.22. The van der Waals surface area contributed by atoms with Crippen molar-refractivity contribution in [3.8, 4) is 16.5 Å². The van der Waals surface area contributed by atoms with Crippen LogP contribution in [0.15, 0.2) is 46.2 Å². The predicted molar refractivity (Wildman–Crippen MR) is 96.9 cm³/mol. The Hall–Kier alpha value is -2.60. The molecule has 0 N–H and O–H groups in total. The standard InChI is InChI=1S/C19H18N2O3S/c1-13-16(20-19(24-13)17-4-3-11-25-17)12-23-15-8-6-14(7-9-15)21-10-2-5-18(21)22/h3-4,6-9,11H,2,5,10,12H2,1H3. The van der Waals surface area contributed by atoms with E-state index in [1.807, 2.05) is 53.6 Å². The van der Waals surface area contributed by atoms with E-state index in [4.69, 9.17) is 9.15 Å². The van der Waals surface area contributed by atoms with Gasteiger partial charge in [0.05, 0.1) is 4.88 Å². The van der Waals surface area contributed by atoms with Gasteiger partial charge in [0.2, 0.25) is 11.8 Å². The fourth-order valence-electron chi connectivity index (χ4n) is 2.86.